The lowest BCUT2D eigenvalue weighted by Gasteiger charge is -2.20. The topological polar surface area (TPSA) is 67.4 Å². The predicted octanol–water partition coefficient (Wildman–Crippen LogP) is 3.00. The summed E-state index contributed by atoms with van der Waals surface area (Å²) in [6.07, 6.45) is 0. The number of hydrogen-bond acceptors (Lipinski definition) is 3. The van der Waals surface area contributed by atoms with Crippen LogP contribution in [-0.4, -0.2) is 24.1 Å². The van der Waals surface area contributed by atoms with Crippen molar-refractivity contribution in [1.82, 2.24) is 10.6 Å². The standard InChI is InChI=1S/C13H16Cl2N2O3/c1-13(2,3)17-12(19)16-11(18)7-20-10-5-8(14)4-9(15)6-10/h4-6H,7H2,1-3H3,(H2,16,17,18,19). The van der Waals surface area contributed by atoms with Gasteiger partial charge in [-0.1, -0.05) is 23.2 Å². The normalized spacial score (nSPS) is 10.8. The summed E-state index contributed by atoms with van der Waals surface area (Å²) in [6, 6.07) is 4.02. The maximum Gasteiger partial charge on any atom is 0.321 e. The summed E-state index contributed by atoms with van der Waals surface area (Å²) in [6.45, 7) is 5.11. The minimum absolute atomic E-state index is 0.311. The summed E-state index contributed by atoms with van der Waals surface area (Å²) in [5.74, 6) is -0.211. The zero-order valence-electron chi connectivity index (χ0n) is 11.4. The number of rotatable bonds is 3. The highest BCUT2D eigenvalue weighted by molar-refractivity contribution is 6.34. The van der Waals surface area contributed by atoms with E-state index in [4.69, 9.17) is 27.9 Å². The van der Waals surface area contributed by atoms with E-state index < -0.39 is 17.5 Å². The average molecular weight is 319 g/mol. The number of nitrogens with one attached hydrogen (secondary N) is 2. The molecule has 0 saturated heterocycles. The zero-order valence-corrected chi connectivity index (χ0v) is 12.9. The van der Waals surface area contributed by atoms with Crippen LogP contribution in [0.25, 0.3) is 0 Å². The number of urea groups is 1. The Hall–Kier alpha value is -1.46. The molecule has 7 heteroatoms. The molecule has 0 saturated carbocycles. The van der Waals surface area contributed by atoms with Gasteiger partial charge in [-0.2, -0.15) is 0 Å². The number of halogens is 2. The van der Waals surface area contributed by atoms with E-state index in [9.17, 15) is 9.59 Å². The largest absolute Gasteiger partial charge is 0.484 e. The lowest BCUT2D eigenvalue weighted by molar-refractivity contribution is -0.122. The molecule has 0 aliphatic rings. The van der Waals surface area contributed by atoms with Crippen molar-refractivity contribution in [2.75, 3.05) is 6.61 Å². The maximum atomic E-state index is 11.5. The van der Waals surface area contributed by atoms with Gasteiger partial charge in [0, 0.05) is 15.6 Å². The summed E-state index contributed by atoms with van der Waals surface area (Å²) in [4.78, 5) is 23.0. The van der Waals surface area contributed by atoms with Gasteiger partial charge in [0.05, 0.1) is 0 Å². The van der Waals surface area contributed by atoms with Crippen molar-refractivity contribution < 1.29 is 14.3 Å². The summed E-state index contributed by atoms with van der Waals surface area (Å²) >= 11 is 11.6. The van der Waals surface area contributed by atoms with Gasteiger partial charge in [0.2, 0.25) is 0 Å². The van der Waals surface area contributed by atoms with E-state index in [1.54, 1.807) is 6.07 Å². The molecule has 1 aromatic rings. The molecule has 5 nitrogen and oxygen atoms in total. The third-order valence-electron chi connectivity index (χ3n) is 1.95. The molecule has 0 aromatic heterocycles. The molecule has 0 bridgehead atoms. The third-order valence-corrected chi connectivity index (χ3v) is 2.38. The maximum absolute atomic E-state index is 11.5. The first-order chi connectivity index (χ1) is 9.15. The van der Waals surface area contributed by atoms with E-state index in [1.807, 2.05) is 20.8 Å². The van der Waals surface area contributed by atoms with E-state index in [0.717, 1.165) is 0 Å². The Balaban J connectivity index is 2.45. The molecular weight excluding hydrogens is 303 g/mol. The van der Waals surface area contributed by atoms with Gasteiger partial charge >= 0.3 is 6.03 Å². The molecule has 0 aliphatic carbocycles. The first-order valence-electron chi connectivity index (χ1n) is 5.86. The monoisotopic (exact) mass is 318 g/mol. The SMILES string of the molecule is CC(C)(C)NC(=O)NC(=O)COc1cc(Cl)cc(Cl)c1. The quantitative estimate of drug-likeness (QED) is 0.900. The molecule has 0 fully saturated rings. The van der Waals surface area contributed by atoms with E-state index in [2.05, 4.69) is 10.6 Å². The van der Waals surface area contributed by atoms with Crippen molar-refractivity contribution in [2.24, 2.45) is 0 Å². The fourth-order valence-electron chi connectivity index (χ4n) is 1.30. The number of hydrogen-bond donors (Lipinski definition) is 2. The van der Waals surface area contributed by atoms with Gasteiger partial charge in [0.25, 0.3) is 5.91 Å². The Morgan fingerprint density at radius 1 is 1.15 bits per heavy atom. The molecule has 0 spiro atoms. The van der Waals surface area contributed by atoms with Crippen molar-refractivity contribution >= 4 is 35.1 Å². The first-order valence-corrected chi connectivity index (χ1v) is 6.62. The number of imide groups is 1. The second-order valence-corrected chi connectivity index (χ2v) is 6.02. The molecular formula is C13H16Cl2N2O3. The van der Waals surface area contributed by atoms with Crippen molar-refractivity contribution in [3.05, 3.63) is 28.2 Å². The van der Waals surface area contributed by atoms with Crippen LogP contribution in [-0.2, 0) is 4.79 Å². The highest BCUT2D eigenvalue weighted by Crippen LogP contribution is 2.23. The van der Waals surface area contributed by atoms with Crippen LogP contribution in [0.5, 0.6) is 5.75 Å². The zero-order chi connectivity index (χ0) is 15.3. The number of benzene rings is 1. The molecule has 0 atom stereocenters. The smallest absolute Gasteiger partial charge is 0.321 e. The van der Waals surface area contributed by atoms with E-state index in [0.29, 0.717) is 15.8 Å². The van der Waals surface area contributed by atoms with Crippen LogP contribution in [0, 0.1) is 0 Å². The summed E-state index contributed by atoms with van der Waals surface area (Å²) in [5.41, 5.74) is -0.425. The third kappa shape index (κ3) is 6.63. The Morgan fingerprint density at radius 3 is 2.20 bits per heavy atom. The minimum atomic E-state index is -0.574. The van der Waals surface area contributed by atoms with Crippen molar-refractivity contribution in [2.45, 2.75) is 26.3 Å². The van der Waals surface area contributed by atoms with E-state index >= 15 is 0 Å². The second kappa shape index (κ2) is 6.81. The van der Waals surface area contributed by atoms with Gasteiger partial charge < -0.3 is 10.1 Å². The first kappa shape index (κ1) is 16.6. The van der Waals surface area contributed by atoms with Crippen LogP contribution in [0.15, 0.2) is 18.2 Å². The Morgan fingerprint density at radius 2 is 1.70 bits per heavy atom. The van der Waals surface area contributed by atoms with Gasteiger partial charge in [-0.15, -0.1) is 0 Å². The molecule has 0 heterocycles. The molecule has 20 heavy (non-hydrogen) atoms. The van der Waals surface area contributed by atoms with Crippen molar-refractivity contribution in [1.29, 1.82) is 0 Å². The average Bonchev–Trinajstić information content (AvgIpc) is 2.22. The van der Waals surface area contributed by atoms with Crippen LogP contribution in [0.3, 0.4) is 0 Å². The molecule has 0 aliphatic heterocycles. The number of ether oxygens (including phenoxy) is 1. The molecule has 1 rings (SSSR count). The molecule has 0 radical (unpaired) electrons. The predicted molar refractivity (Wildman–Crippen MR) is 78.4 cm³/mol. The number of carbonyl (C=O) groups excluding carboxylic acids is 2. The molecule has 2 N–H and O–H groups in total. The lowest BCUT2D eigenvalue weighted by atomic mass is 10.1. The van der Waals surface area contributed by atoms with Crippen molar-refractivity contribution in [3.8, 4) is 5.75 Å². The van der Waals surface area contributed by atoms with Crippen molar-refractivity contribution in [3.63, 3.8) is 0 Å². The minimum Gasteiger partial charge on any atom is -0.484 e. The summed E-state index contributed by atoms with van der Waals surface area (Å²) < 4.78 is 5.20. The van der Waals surface area contributed by atoms with Crippen LogP contribution in [0.2, 0.25) is 10.0 Å². The lowest BCUT2D eigenvalue weighted by Crippen LogP contribution is -2.49. The van der Waals surface area contributed by atoms with Gasteiger partial charge in [0.15, 0.2) is 6.61 Å². The Bertz CT molecular complexity index is 493. The van der Waals surface area contributed by atoms with Crippen LogP contribution in [0.1, 0.15) is 20.8 Å². The van der Waals surface area contributed by atoms with Crippen LogP contribution < -0.4 is 15.4 Å². The highest BCUT2D eigenvalue weighted by atomic mass is 35.5. The Kier molecular flexibility index (Phi) is 5.65. The Labute approximate surface area is 127 Å². The number of carbonyl (C=O) groups is 2. The molecule has 0 unspecified atom stereocenters. The van der Waals surface area contributed by atoms with Gasteiger partial charge in [-0.25, -0.2) is 4.79 Å². The fourth-order valence-corrected chi connectivity index (χ4v) is 1.80. The van der Waals surface area contributed by atoms with Gasteiger partial charge in [0.1, 0.15) is 5.75 Å². The summed E-state index contributed by atoms with van der Waals surface area (Å²) in [5, 5.41) is 5.56. The van der Waals surface area contributed by atoms with E-state index in [1.165, 1.54) is 12.1 Å². The molecule has 3 amide bonds. The van der Waals surface area contributed by atoms with Crippen LogP contribution >= 0.6 is 23.2 Å². The molecule has 1 aromatic carbocycles. The fraction of sp³-hybridized carbons (Fsp3) is 0.385. The highest BCUT2D eigenvalue weighted by Gasteiger charge is 2.15. The second-order valence-electron chi connectivity index (χ2n) is 5.15. The van der Waals surface area contributed by atoms with Gasteiger partial charge in [-0.05, 0) is 39.0 Å². The van der Waals surface area contributed by atoms with Gasteiger partial charge in [-0.3, -0.25) is 10.1 Å². The molecule has 110 valence electrons. The van der Waals surface area contributed by atoms with Crippen LogP contribution in [0.4, 0.5) is 4.79 Å². The van der Waals surface area contributed by atoms with E-state index in [-0.39, 0.29) is 6.61 Å². The number of amides is 3. The summed E-state index contributed by atoms with van der Waals surface area (Å²) in [7, 11) is 0.